The van der Waals surface area contributed by atoms with Gasteiger partial charge in [-0.15, -0.1) is 0 Å². The van der Waals surface area contributed by atoms with E-state index in [0.29, 0.717) is 0 Å². The summed E-state index contributed by atoms with van der Waals surface area (Å²) in [5, 5.41) is 8.87. The van der Waals surface area contributed by atoms with E-state index in [1.165, 1.54) is 0 Å². The van der Waals surface area contributed by atoms with Gasteiger partial charge in [0.15, 0.2) is 0 Å². The Labute approximate surface area is 78.8 Å². The van der Waals surface area contributed by atoms with Crippen molar-refractivity contribution in [3.63, 3.8) is 0 Å². The molecule has 0 atom stereocenters. The van der Waals surface area contributed by atoms with E-state index in [9.17, 15) is 0 Å². The average Bonchev–Trinajstić information content (AvgIpc) is 2.02. The van der Waals surface area contributed by atoms with Gasteiger partial charge in [-0.3, -0.25) is 0 Å². The molecule has 1 heterocycles. The van der Waals surface area contributed by atoms with Crippen LogP contribution in [0, 0.1) is 0 Å². The summed E-state index contributed by atoms with van der Waals surface area (Å²) in [5.74, 6) is 0.0687. The van der Waals surface area contributed by atoms with E-state index in [1.807, 2.05) is 13.1 Å². The monoisotopic (exact) mass is 180 g/mol. The topological polar surface area (TPSA) is 49.5 Å². The predicted molar refractivity (Wildman–Crippen MR) is 54.2 cm³/mol. The zero-order valence-electron chi connectivity index (χ0n) is 7.95. The molecule has 3 heteroatoms. The fraction of sp³-hybridized carbons (Fsp3) is 0.400. The fourth-order valence-electron chi connectivity index (χ4n) is 1.33. The Hall–Kier alpha value is -1.22. The number of hydrogen-bond acceptors (Lipinski definition) is 3. The molecule has 0 unspecified atom stereocenters. The number of nitrogens with two attached hydrogens (primary N) is 1. The van der Waals surface area contributed by atoms with Crippen molar-refractivity contribution in [3.05, 3.63) is 35.8 Å². The van der Waals surface area contributed by atoms with Crippen LogP contribution < -0.4 is 5.73 Å². The first kappa shape index (κ1) is 9.86. The Bertz CT molecular complexity index is 266. The van der Waals surface area contributed by atoms with Crippen LogP contribution in [0.4, 0.5) is 0 Å². The molecule has 0 aromatic rings. The van der Waals surface area contributed by atoms with E-state index in [1.54, 1.807) is 6.08 Å². The predicted octanol–water partition coefficient (Wildman–Crippen LogP) is 1.16. The first-order valence-electron chi connectivity index (χ1n) is 4.31. The molecule has 0 amide bonds. The Balaban J connectivity index is 2.68. The van der Waals surface area contributed by atoms with Gasteiger partial charge in [0.1, 0.15) is 5.76 Å². The summed E-state index contributed by atoms with van der Waals surface area (Å²) < 4.78 is 0. The van der Waals surface area contributed by atoms with Gasteiger partial charge >= 0.3 is 0 Å². The summed E-state index contributed by atoms with van der Waals surface area (Å²) in [6.07, 6.45) is 4.35. The summed E-state index contributed by atoms with van der Waals surface area (Å²) in [6.45, 7) is 5.19. The largest absolute Gasteiger partial charge is 0.509 e. The molecule has 0 aliphatic carbocycles. The van der Waals surface area contributed by atoms with Crippen molar-refractivity contribution in [1.82, 2.24) is 4.90 Å². The summed E-state index contributed by atoms with van der Waals surface area (Å²) in [4.78, 5) is 2.17. The molecule has 0 radical (unpaired) electrons. The fourth-order valence-corrected chi connectivity index (χ4v) is 1.33. The van der Waals surface area contributed by atoms with Crippen molar-refractivity contribution < 1.29 is 5.11 Å². The molecule has 3 N–H and O–H groups in total. The average molecular weight is 180 g/mol. The summed E-state index contributed by atoms with van der Waals surface area (Å²) in [7, 11) is 2.04. The zero-order valence-corrected chi connectivity index (χ0v) is 7.95. The second-order valence-electron chi connectivity index (χ2n) is 3.36. The molecule has 0 spiro atoms. The maximum absolute atomic E-state index is 8.87. The van der Waals surface area contributed by atoms with Crippen LogP contribution in [0.1, 0.15) is 6.42 Å². The van der Waals surface area contributed by atoms with Gasteiger partial charge in [-0.25, -0.2) is 0 Å². The normalized spacial score (nSPS) is 19.8. The smallest absolute Gasteiger partial charge is 0.108 e. The lowest BCUT2D eigenvalue weighted by Crippen LogP contribution is -2.30. The maximum atomic E-state index is 8.87. The van der Waals surface area contributed by atoms with Crippen LogP contribution in [0.15, 0.2) is 35.8 Å². The molecule has 0 saturated carbocycles. The van der Waals surface area contributed by atoms with Gasteiger partial charge in [0, 0.05) is 18.8 Å². The molecule has 0 aromatic carbocycles. The van der Waals surface area contributed by atoms with Gasteiger partial charge in [-0.05, 0) is 25.1 Å². The molecular weight excluding hydrogens is 164 g/mol. The third-order valence-electron chi connectivity index (χ3n) is 2.09. The van der Waals surface area contributed by atoms with Crippen molar-refractivity contribution in [2.75, 3.05) is 20.1 Å². The molecular formula is C10H16N2O. The van der Waals surface area contributed by atoms with Crippen molar-refractivity contribution in [1.29, 1.82) is 0 Å². The molecule has 1 aliphatic rings. The maximum Gasteiger partial charge on any atom is 0.108 e. The highest BCUT2D eigenvalue weighted by atomic mass is 16.3. The van der Waals surface area contributed by atoms with Crippen LogP contribution in [0.25, 0.3) is 0 Å². The van der Waals surface area contributed by atoms with Gasteiger partial charge in [0.2, 0.25) is 0 Å². The van der Waals surface area contributed by atoms with Crippen LogP contribution >= 0.6 is 0 Å². The molecule has 3 nitrogen and oxygen atoms in total. The van der Waals surface area contributed by atoms with Crippen LogP contribution in [0.3, 0.4) is 0 Å². The standard InChI is InChI=1S/C10H16N2O/c1-8(13)3-4-9-5-6-12(2)7-10(9)11/h3-4,13H,1,5-7,11H2,2H3/b4-3-. The van der Waals surface area contributed by atoms with Gasteiger partial charge in [-0.1, -0.05) is 12.7 Å². The minimum absolute atomic E-state index is 0.0687. The minimum atomic E-state index is 0.0687. The van der Waals surface area contributed by atoms with E-state index in [2.05, 4.69) is 11.5 Å². The number of rotatable bonds is 2. The lowest BCUT2D eigenvalue weighted by atomic mass is 10.1. The molecule has 0 aromatic heterocycles. The second kappa shape index (κ2) is 4.14. The number of aliphatic hydroxyl groups excluding tert-OH is 1. The van der Waals surface area contributed by atoms with Gasteiger partial charge in [0.25, 0.3) is 0 Å². The number of allylic oxidation sites excluding steroid dienone is 2. The first-order chi connectivity index (χ1) is 6.09. The molecule has 0 saturated heterocycles. The molecule has 1 rings (SSSR count). The summed E-state index contributed by atoms with van der Waals surface area (Å²) in [5.41, 5.74) is 7.82. The highest BCUT2D eigenvalue weighted by Crippen LogP contribution is 2.14. The van der Waals surface area contributed by atoms with E-state index in [4.69, 9.17) is 10.8 Å². The number of likely N-dealkylation sites (N-methyl/N-ethyl adjacent to an activating group) is 1. The van der Waals surface area contributed by atoms with Crippen LogP contribution in [0.2, 0.25) is 0 Å². The van der Waals surface area contributed by atoms with Crippen LogP contribution in [-0.4, -0.2) is 30.1 Å². The quantitative estimate of drug-likeness (QED) is 0.495. The SMILES string of the molecule is C=C(O)/C=C\C1=C(N)CN(C)CC1. The van der Waals surface area contributed by atoms with Crippen molar-refractivity contribution >= 4 is 0 Å². The Morgan fingerprint density at radius 1 is 1.69 bits per heavy atom. The molecule has 13 heavy (non-hydrogen) atoms. The Morgan fingerprint density at radius 2 is 2.38 bits per heavy atom. The minimum Gasteiger partial charge on any atom is -0.509 e. The molecule has 0 bridgehead atoms. The Kier molecular flexibility index (Phi) is 3.14. The molecule has 72 valence electrons. The summed E-state index contributed by atoms with van der Waals surface area (Å²) in [6, 6.07) is 0. The highest BCUT2D eigenvalue weighted by Gasteiger charge is 2.11. The molecule has 1 aliphatic heterocycles. The Morgan fingerprint density at radius 3 is 2.92 bits per heavy atom. The number of aliphatic hydroxyl groups is 1. The van der Waals surface area contributed by atoms with E-state index in [-0.39, 0.29) is 5.76 Å². The van der Waals surface area contributed by atoms with Crippen LogP contribution in [-0.2, 0) is 0 Å². The van der Waals surface area contributed by atoms with Crippen LogP contribution in [0.5, 0.6) is 0 Å². The van der Waals surface area contributed by atoms with Gasteiger partial charge < -0.3 is 15.7 Å². The number of hydrogen-bond donors (Lipinski definition) is 2. The second-order valence-corrected chi connectivity index (χ2v) is 3.36. The lowest BCUT2D eigenvalue weighted by molar-refractivity contribution is 0.348. The lowest BCUT2D eigenvalue weighted by Gasteiger charge is -2.24. The zero-order chi connectivity index (χ0) is 9.84. The van der Waals surface area contributed by atoms with E-state index >= 15 is 0 Å². The third kappa shape index (κ3) is 2.95. The first-order valence-corrected chi connectivity index (χ1v) is 4.31. The molecule has 0 fully saturated rings. The van der Waals surface area contributed by atoms with Gasteiger partial charge in [-0.2, -0.15) is 0 Å². The van der Waals surface area contributed by atoms with E-state index in [0.717, 1.165) is 30.8 Å². The van der Waals surface area contributed by atoms with Crippen molar-refractivity contribution in [2.24, 2.45) is 5.73 Å². The van der Waals surface area contributed by atoms with E-state index < -0.39 is 0 Å². The van der Waals surface area contributed by atoms with Crippen molar-refractivity contribution in [2.45, 2.75) is 6.42 Å². The third-order valence-corrected chi connectivity index (χ3v) is 2.09. The highest BCUT2D eigenvalue weighted by molar-refractivity contribution is 5.29. The number of nitrogens with zero attached hydrogens (tertiary/aromatic N) is 1. The van der Waals surface area contributed by atoms with Crippen molar-refractivity contribution in [3.8, 4) is 0 Å². The van der Waals surface area contributed by atoms with Gasteiger partial charge in [0.05, 0.1) is 0 Å². The summed E-state index contributed by atoms with van der Waals surface area (Å²) >= 11 is 0.